The van der Waals surface area contributed by atoms with Crippen molar-refractivity contribution in [3.05, 3.63) is 18.3 Å². The fourth-order valence-corrected chi connectivity index (χ4v) is 2.46. The molecule has 0 radical (unpaired) electrons. The van der Waals surface area contributed by atoms with E-state index in [2.05, 4.69) is 53.0 Å². The molecule has 1 aliphatic rings. The maximum atomic E-state index is 4.37. The lowest BCUT2D eigenvalue weighted by Crippen LogP contribution is -2.48. The van der Waals surface area contributed by atoms with Gasteiger partial charge >= 0.3 is 0 Å². The zero-order chi connectivity index (χ0) is 13.7. The normalized spacial score (nSPS) is 16.9. The summed E-state index contributed by atoms with van der Waals surface area (Å²) in [5.74, 6) is 0.991. The van der Waals surface area contributed by atoms with Crippen molar-refractivity contribution in [3.63, 3.8) is 0 Å². The predicted octanol–water partition coefficient (Wildman–Crippen LogP) is 2.43. The fraction of sp³-hybridized carbons (Fsp3) is 0.667. The summed E-state index contributed by atoms with van der Waals surface area (Å²) in [6, 6.07) is 4.93. The molecule has 0 bridgehead atoms. The average molecular weight is 262 g/mol. The molecule has 1 saturated heterocycles. The molecule has 0 spiro atoms. The summed E-state index contributed by atoms with van der Waals surface area (Å²) in [6.07, 6.45) is 3.03. The van der Waals surface area contributed by atoms with Crippen LogP contribution in [0.4, 0.5) is 11.5 Å². The second-order valence-corrected chi connectivity index (χ2v) is 5.44. The first-order valence-corrected chi connectivity index (χ1v) is 7.39. The molecule has 1 fully saturated rings. The Balaban J connectivity index is 1.95. The third kappa shape index (κ3) is 3.83. The van der Waals surface area contributed by atoms with Crippen molar-refractivity contribution in [2.24, 2.45) is 0 Å². The Bertz CT molecular complexity index is 383. The van der Waals surface area contributed by atoms with Crippen molar-refractivity contribution in [1.82, 2.24) is 9.88 Å². The van der Waals surface area contributed by atoms with Gasteiger partial charge in [0, 0.05) is 56.7 Å². The number of rotatable bonds is 5. The molecule has 0 aromatic carbocycles. The van der Waals surface area contributed by atoms with Gasteiger partial charge in [0.2, 0.25) is 0 Å². The molecule has 0 aliphatic carbocycles. The summed E-state index contributed by atoms with van der Waals surface area (Å²) in [6.45, 7) is 12.2. The van der Waals surface area contributed by atoms with Gasteiger partial charge in [0.1, 0.15) is 5.82 Å². The lowest BCUT2D eigenvalue weighted by molar-refractivity contribution is 0.209. The van der Waals surface area contributed by atoms with Crippen LogP contribution in [0.5, 0.6) is 0 Å². The van der Waals surface area contributed by atoms with Gasteiger partial charge in [-0.15, -0.1) is 0 Å². The molecule has 1 aromatic rings. The molecular weight excluding hydrogens is 236 g/mol. The zero-order valence-corrected chi connectivity index (χ0v) is 12.4. The van der Waals surface area contributed by atoms with E-state index in [1.807, 2.05) is 6.20 Å². The van der Waals surface area contributed by atoms with Crippen LogP contribution in [0.15, 0.2) is 18.3 Å². The Morgan fingerprint density at radius 2 is 2.00 bits per heavy atom. The largest absolute Gasteiger partial charge is 0.370 e. The van der Waals surface area contributed by atoms with Crippen LogP contribution in [0.25, 0.3) is 0 Å². The van der Waals surface area contributed by atoms with Gasteiger partial charge < -0.3 is 10.2 Å². The summed E-state index contributed by atoms with van der Waals surface area (Å²) in [4.78, 5) is 9.36. The molecule has 19 heavy (non-hydrogen) atoms. The summed E-state index contributed by atoms with van der Waals surface area (Å²) in [5, 5.41) is 3.35. The molecule has 1 aliphatic heterocycles. The van der Waals surface area contributed by atoms with E-state index in [-0.39, 0.29) is 0 Å². The molecule has 1 aromatic heterocycles. The van der Waals surface area contributed by atoms with Gasteiger partial charge in [0.15, 0.2) is 0 Å². The Hall–Kier alpha value is -1.29. The van der Waals surface area contributed by atoms with E-state index in [1.165, 1.54) is 5.69 Å². The smallest absolute Gasteiger partial charge is 0.127 e. The average Bonchev–Trinajstić information content (AvgIpc) is 2.45. The Labute approximate surface area is 116 Å². The van der Waals surface area contributed by atoms with Crippen LogP contribution in [0.1, 0.15) is 27.2 Å². The summed E-state index contributed by atoms with van der Waals surface area (Å²) >= 11 is 0. The van der Waals surface area contributed by atoms with Crippen LogP contribution >= 0.6 is 0 Å². The second kappa shape index (κ2) is 6.75. The first-order chi connectivity index (χ1) is 9.20. The highest BCUT2D eigenvalue weighted by Gasteiger charge is 2.19. The SMILES string of the molecule is CCCNc1cc(N2CCN(C(C)C)CC2)ccn1. The van der Waals surface area contributed by atoms with Crippen LogP contribution < -0.4 is 10.2 Å². The van der Waals surface area contributed by atoms with Crippen molar-refractivity contribution in [2.45, 2.75) is 33.2 Å². The molecule has 0 saturated carbocycles. The quantitative estimate of drug-likeness (QED) is 0.883. The number of anilines is 2. The standard InChI is InChI=1S/C15H26N4/c1-4-6-16-15-12-14(5-7-17-15)19-10-8-18(9-11-19)13(2)3/h5,7,12-13H,4,6,8-11H2,1-3H3,(H,16,17). The van der Waals surface area contributed by atoms with E-state index >= 15 is 0 Å². The van der Waals surface area contributed by atoms with Gasteiger partial charge in [-0.05, 0) is 26.3 Å². The zero-order valence-electron chi connectivity index (χ0n) is 12.4. The molecular formula is C15H26N4. The lowest BCUT2D eigenvalue weighted by Gasteiger charge is -2.38. The van der Waals surface area contributed by atoms with Gasteiger partial charge in [0.05, 0.1) is 0 Å². The molecule has 2 rings (SSSR count). The number of piperazine rings is 1. The number of pyridine rings is 1. The van der Waals surface area contributed by atoms with E-state index in [1.54, 1.807) is 0 Å². The second-order valence-electron chi connectivity index (χ2n) is 5.44. The molecule has 0 amide bonds. The minimum Gasteiger partial charge on any atom is -0.370 e. The topological polar surface area (TPSA) is 31.4 Å². The van der Waals surface area contributed by atoms with E-state index < -0.39 is 0 Å². The third-order valence-electron chi connectivity index (χ3n) is 3.71. The lowest BCUT2D eigenvalue weighted by atomic mass is 10.2. The minimum absolute atomic E-state index is 0.654. The van der Waals surface area contributed by atoms with Crippen molar-refractivity contribution < 1.29 is 0 Å². The van der Waals surface area contributed by atoms with Gasteiger partial charge in [-0.2, -0.15) is 0 Å². The molecule has 4 nitrogen and oxygen atoms in total. The first-order valence-electron chi connectivity index (χ1n) is 7.39. The van der Waals surface area contributed by atoms with Crippen molar-refractivity contribution in [1.29, 1.82) is 0 Å². The molecule has 4 heteroatoms. The monoisotopic (exact) mass is 262 g/mol. The number of hydrogen-bond donors (Lipinski definition) is 1. The van der Waals surface area contributed by atoms with E-state index in [0.29, 0.717) is 6.04 Å². The van der Waals surface area contributed by atoms with Crippen molar-refractivity contribution in [3.8, 4) is 0 Å². The van der Waals surface area contributed by atoms with Crippen LogP contribution in [-0.2, 0) is 0 Å². The summed E-state index contributed by atoms with van der Waals surface area (Å²) in [7, 11) is 0. The molecule has 0 atom stereocenters. The summed E-state index contributed by atoms with van der Waals surface area (Å²) in [5.41, 5.74) is 1.29. The maximum absolute atomic E-state index is 4.37. The molecule has 106 valence electrons. The van der Waals surface area contributed by atoms with Gasteiger partial charge in [0.25, 0.3) is 0 Å². The van der Waals surface area contributed by atoms with Crippen LogP contribution in [0, 0.1) is 0 Å². The first kappa shape index (κ1) is 14.1. The van der Waals surface area contributed by atoms with Gasteiger partial charge in [-0.1, -0.05) is 6.92 Å². The highest BCUT2D eigenvalue weighted by molar-refractivity contribution is 5.54. The van der Waals surface area contributed by atoms with Crippen molar-refractivity contribution >= 4 is 11.5 Å². The van der Waals surface area contributed by atoms with E-state index in [9.17, 15) is 0 Å². The Kier molecular flexibility index (Phi) is 5.02. The summed E-state index contributed by atoms with van der Waals surface area (Å²) < 4.78 is 0. The van der Waals surface area contributed by atoms with Gasteiger partial charge in [-0.3, -0.25) is 4.90 Å². The Morgan fingerprint density at radius 3 is 2.63 bits per heavy atom. The number of aromatic nitrogens is 1. The molecule has 1 N–H and O–H groups in total. The highest BCUT2D eigenvalue weighted by atomic mass is 15.3. The molecule has 2 heterocycles. The predicted molar refractivity (Wildman–Crippen MR) is 81.9 cm³/mol. The van der Waals surface area contributed by atoms with Gasteiger partial charge in [-0.25, -0.2) is 4.98 Å². The van der Waals surface area contributed by atoms with E-state index in [0.717, 1.165) is 45.0 Å². The number of nitrogens with one attached hydrogen (secondary N) is 1. The van der Waals surface area contributed by atoms with Crippen LogP contribution in [-0.4, -0.2) is 48.6 Å². The van der Waals surface area contributed by atoms with Crippen LogP contribution in [0.2, 0.25) is 0 Å². The minimum atomic E-state index is 0.654. The maximum Gasteiger partial charge on any atom is 0.127 e. The Morgan fingerprint density at radius 1 is 1.26 bits per heavy atom. The van der Waals surface area contributed by atoms with E-state index in [4.69, 9.17) is 0 Å². The highest BCUT2D eigenvalue weighted by Crippen LogP contribution is 2.19. The fourth-order valence-electron chi connectivity index (χ4n) is 2.46. The number of hydrogen-bond acceptors (Lipinski definition) is 4. The third-order valence-corrected chi connectivity index (χ3v) is 3.71. The molecule has 0 unspecified atom stereocenters. The van der Waals surface area contributed by atoms with Crippen LogP contribution in [0.3, 0.4) is 0 Å². The van der Waals surface area contributed by atoms with Crippen molar-refractivity contribution in [2.75, 3.05) is 42.9 Å². The number of nitrogens with zero attached hydrogens (tertiary/aromatic N) is 3.